The van der Waals surface area contributed by atoms with Gasteiger partial charge in [-0.3, -0.25) is 4.68 Å². The van der Waals surface area contributed by atoms with E-state index in [-0.39, 0.29) is 11.9 Å². The van der Waals surface area contributed by atoms with E-state index in [0.29, 0.717) is 17.1 Å². The molecule has 2 rings (SSSR count). The molecule has 5 heteroatoms. The van der Waals surface area contributed by atoms with Crippen LogP contribution in [0.25, 0.3) is 0 Å². The summed E-state index contributed by atoms with van der Waals surface area (Å²) in [5, 5.41) is 4.87. The van der Waals surface area contributed by atoms with Gasteiger partial charge in [0.2, 0.25) is 0 Å². The average Bonchev–Trinajstić information content (AvgIpc) is 2.67. The highest BCUT2D eigenvalue weighted by atomic mass is 35.5. The van der Waals surface area contributed by atoms with E-state index in [1.54, 1.807) is 16.8 Å². The van der Waals surface area contributed by atoms with Crippen molar-refractivity contribution in [1.29, 1.82) is 0 Å². The van der Waals surface area contributed by atoms with Crippen LogP contribution in [0, 0.1) is 19.7 Å². The molecule has 0 spiro atoms. The fourth-order valence-corrected chi connectivity index (χ4v) is 2.58. The van der Waals surface area contributed by atoms with Gasteiger partial charge in [0.05, 0.1) is 12.2 Å². The summed E-state index contributed by atoms with van der Waals surface area (Å²) in [6, 6.07) is 4.66. The lowest BCUT2D eigenvalue weighted by Gasteiger charge is -2.10. The second-order valence-corrected chi connectivity index (χ2v) is 5.43. The molecule has 1 aromatic carbocycles. The Kier molecular flexibility index (Phi) is 4.45. The standard InChI is InChI=1S/C15H19ClFN3/c1-4-14(18)15-9(2)19-20(10(15)3)8-11-5-6-12(16)7-13(11)17/h5-7,14H,4,8,18H2,1-3H3. The van der Waals surface area contributed by atoms with Crippen molar-refractivity contribution in [3.05, 3.63) is 51.6 Å². The summed E-state index contributed by atoms with van der Waals surface area (Å²) in [5.74, 6) is -0.314. The Labute approximate surface area is 123 Å². The lowest BCUT2D eigenvalue weighted by molar-refractivity contribution is 0.578. The molecule has 1 heterocycles. The zero-order valence-electron chi connectivity index (χ0n) is 12.0. The fraction of sp³-hybridized carbons (Fsp3) is 0.400. The third-order valence-corrected chi connectivity index (χ3v) is 3.82. The summed E-state index contributed by atoms with van der Waals surface area (Å²) >= 11 is 5.76. The van der Waals surface area contributed by atoms with Crippen molar-refractivity contribution in [3.63, 3.8) is 0 Å². The minimum atomic E-state index is -0.314. The molecule has 20 heavy (non-hydrogen) atoms. The molecule has 0 saturated carbocycles. The Morgan fingerprint density at radius 1 is 1.40 bits per heavy atom. The first-order valence-corrected chi connectivity index (χ1v) is 7.05. The number of nitrogens with zero attached hydrogens (tertiary/aromatic N) is 2. The highest BCUT2D eigenvalue weighted by Crippen LogP contribution is 2.23. The third kappa shape index (κ3) is 2.86. The molecule has 0 aliphatic rings. The van der Waals surface area contributed by atoms with Crippen molar-refractivity contribution < 1.29 is 4.39 Å². The SMILES string of the molecule is CCC(N)c1c(C)nn(Cc2ccc(Cl)cc2F)c1C. The van der Waals surface area contributed by atoms with Gasteiger partial charge in [0.15, 0.2) is 0 Å². The van der Waals surface area contributed by atoms with Gasteiger partial charge in [-0.1, -0.05) is 24.6 Å². The first kappa shape index (κ1) is 15.0. The van der Waals surface area contributed by atoms with E-state index in [2.05, 4.69) is 5.10 Å². The predicted octanol–water partition coefficient (Wildman–Crippen LogP) is 3.75. The van der Waals surface area contributed by atoms with Gasteiger partial charge in [-0.15, -0.1) is 0 Å². The molecule has 0 radical (unpaired) electrons. The van der Waals surface area contributed by atoms with Gasteiger partial charge in [0.1, 0.15) is 5.82 Å². The molecule has 0 aliphatic heterocycles. The average molecular weight is 296 g/mol. The highest BCUT2D eigenvalue weighted by Gasteiger charge is 2.17. The van der Waals surface area contributed by atoms with Gasteiger partial charge in [0, 0.05) is 27.9 Å². The first-order valence-electron chi connectivity index (χ1n) is 6.67. The Bertz CT molecular complexity index is 622. The van der Waals surface area contributed by atoms with Crippen molar-refractivity contribution >= 4 is 11.6 Å². The van der Waals surface area contributed by atoms with E-state index in [1.165, 1.54) is 6.07 Å². The summed E-state index contributed by atoms with van der Waals surface area (Å²) in [7, 11) is 0. The summed E-state index contributed by atoms with van der Waals surface area (Å²) in [6.45, 7) is 6.33. The van der Waals surface area contributed by atoms with E-state index in [0.717, 1.165) is 23.4 Å². The van der Waals surface area contributed by atoms with Crippen molar-refractivity contribution in [1.82, 2.24) is 9.78 Å². The summed E-state index contributed by atoms with van der Waals surface area (Å²) in [5.41, 5.74) is 9.63. The van der Waals surface area contributed by atoms with Crippen LogP contribution in [0.4, 0.5) is 4.39 Å². The summed E-state index contributed by atoms with van der Waals surface area (Å²) < 4.78 is 15.6. The number of hydrogen-bond acceptors (Lipinski definition) is 2. The van der Waals surface area contributed by atoms with E-state index >= 15 is 0 Å². The lowest BCUT2D eigenvalue weighted by Crippen LogP contribution is -2.11. The zero-order chi connectivity index (χ0) is 14.9. The number of nitrogens with two attached hydrogens (primary N) is 1. The van der Waals surface area contributed by atoms with Crippen LogP contribution in [0.15, 0.2) is 18.2 Å². The van der Waals surface area contributed by atoms with Crippen LogP contribution in [0.3, 0.4) is 0 Å². The molecule has 1 atom stereocenters. The second-order valence-electron chi connectivity index (χ2n) is 4.99. The highest BCUT2D eigenvalue weighted by molar-refractivity contribution is 6.30. The van der Waals surface area contributed by atoms with Gasteiger partial charge in [-0.25, -0.2) is 4.39 Å². The van der Waals surface area contributed by atoms with Crippen LogP contribution in [-0.4, -0.2) is 9.78 Å². The van der Waals surface area contributed by atoms with E-state index in [9.17, 15) is 4.39 Å². The van der Waals surface area contributed by atoms with Crippen molar-refractivity contribution in [2.75, 3.05) is 0 Å². The molecular weight excluding hydrogens is 277 g/mol. The normalized spacial score (nSPS) is 12.7. The molecule has 0 fully saturated rings. The van der Waals surface area contributed by atoms with E-state index < -0.39 is 0 Å². The molecule has 0 bridgehead atoms. The van der Waals surface area contributed by atoms with Crippen LogP contribution in [0.1, 0.15) is 41.9 Å². The van der Waals surface area contributed by atoms with Crippen molar-refractivity contribution in [2.45, 2.75) is 39.8 Å². The molecular formula is C15H19ClFN3. The van der Waals surface area contributed by atoms with E-state index in [1.807, 2.05) is 20.8 Å². The van der Waals surface area contributed by atoms with Crippen LogP contribution in [0.2, 0.25) is 5.02 Å². The molecule has 1 unspecified atom stereocenters. The van der Waals surface area contributed by atoms with Crippen LogP contribution in [0.5, 0.6) is 0 Å². The molecule has 0 aliphatic carbocycles. The number of rotatable bonds is 4. The molecule has 0 amide bonds. The maximum atomic E-state index is 13.8. The van der Waals surface area contributed by atoms with Gasteiger partial charge in [0.25, 0.3) is 0 Å². The smallest absolute Gasteiger partial charge is 0.129 e. The summed E-state index contributed by atoms with van der Waals surface area (Å²) in [4.78, 5) is 0. The Morgan fingerprint density at radius 3 is 2.70 bits per heavy atom. The van der Waals surface area contributed by atoms with Crippen LogP contribution >= 0.6 is 11.6 Å². The minimum Gasteiger partial charge on any atom is -0.324 e. The number of hydrogen-bond donors (Lipinski definition) is 1. The maximum absolute atomic E-state index is 13.8. The quantitative estimate of drug-likeness (QED) is 0.933. The number of aryl methyl sites for hydroxylation is 1. The minimum absolute atomic E-state index is 0.0289. The second kappa shape index (κ2) is 5.94. The van der Waals surface area contributed by atoms with Crippen molar-refractivity contribution in [2.24, 2.45) is 5.73 Å². The van der Waals surface area contributed by atoms with E-state index in [4.69, 9.17) is 17.3 Å². The van der Waals surface area contributed by atoms with Gasteiger partial charge >= 0.3 is 0 Å². The number of benzene rings is 1. The lowest BCUT2D eigenvalue weighted by atomic mass is 10.0. The largest absolute Gasteiger partial charge is 0.324 e. The Hall–Kier alpha value is -1.39. The molecule has 2 N–H and O–H groups in total. The first-order chi connectivity index (χ1) is 9.43. The third-order valence-electron chi connectivity index (χ3n) is 3.58. The van der Waals surface area contributed by atoms with Gasteiger partial charge in [-0.05, 0) is 32.4 Å². The molecule has 2 aromatic rings. The number of aromatic nitrogens is 2. The maximum Gasteiger partial charge on any atom is 0.129 e. The van der Waals surface area contributed by atoms with Gasteiger partial charge < -0.3 is 5.73 Å². The molecule has 108 valence electrons. The van der Waals surface area contributed by atoms with Crippen LogP contribution < -0.4 is 5.73 Å². The Morgan fingerprint density at radius 2 is 2.10 bits per heavy atom. The monoisotopic (exact) mass is 295 g/mol. The summed E-state index contributed by atoms with van der Waals surface area (Å²) in [6.07, 6.45) is 0.850. The number of halogens is 2. The predicted molar refractivity (Wildman–Crippen MR) is 79.4 cm³/mol. The molecule has 1 aromatic heterocycles. The van der Waals surface area contributed by atoms with Gasteiger partial charge in [-0.2, -0.15) is 5.10 Å². The fourth-order valence-electron chi connectivity index (χ4n) is 2.42. The molecule has 0 saturated heterocycles. The Balaban J connectivity index is 2.35. The zero-order valence-corrected chi connectivity index (χ0v) is 12.7. The van der Waals surface area contributed by atoms with Crippen molar-refractivity contribution in [3.8, 4) is 0 Å². The topological polar surface area (TPSA) is 43.8 Å². The molecule has 3 nitrogen and oxygen atoms in total. The van der Waals surface area contributed by atoms with Crippen LogP contribution in [-0.2, 0) is 6.54 Å².